The molecule has 8 nitrogen and oxygen atoms in total. The summed E-state index contributed by atoms with van der Waals surface area (Å²) in [5.74, 6) is -0.323. The molecule has 0 aromatic carbocycles. The lowest BCUT2D eigenvalue weighted by atomic mass is 10.1. The molecule has 2 heterocycles. The Hall–Kier alpha value is -2.56. The molecule has 24 heavy (non-hydrogen) atoms. The molecule has 0 bridgehead atoms. The smallest absolute Gasteiger partial charge is 0.410 e. The largest absolute Gasteiger partial charge is 0.444 e. The molecule has 1 aliphatic rings. The van der Waals surface area contributed by atoms with E-state index in [0.29, 0.717) is 25.2 Å². The molecule has 0 N–H and O–H groups in total. The summed E-state index contributed by atoms with van der Waals surface area (Å²) in [7, 11) is 3.22. The van der Waals surface area contributed by atoms with Crippen LogP contribution in [0.4, 0.5) is 4.79 Å². The van der Waals surface area contributed by atoms with Crippen LogP contribution in [0.2, 0.25) is 0 Å². The summed E-state index contributed by atoms with van der Waals surface area (Å²) in [6, 6.07) is 2.07. The molecule has 130 valence electrons. The number of aromatic nitrogens is 2. The summed E-state index contributed by atoms with van der Waals surface area (Å²) in [6.45, 7) is 6.68. The zero-order chi connectivity index (χ0) is 18.1. The molecule has 0 fully saturated rings. The van der Waals surface area contributed by atoms with Gasteiger partial charge in [0.15, 0.2) is 5.69 Å². The number of rotatable bonds is 1. The van der Waals surface area contributed by atoms with Gasteiger partial charge in [-0.05, 0) is 27.2 Å². The lowest BCUT2D eigenvalue weighted by Gasteiger charge is -2.26. The monoisotopic (exact) mass is 333 g/mol. The normalized spacial score (nSPS) is 14.4. The van der Waals surface area contributed by atoms with Crippen LogP contribution >= 0.6 is 0 Å². The average Bonchev–Trinajstić information content (AvgIpc) is 2.67. The van der Waals surface area contributed by atoms with Crippen molar-refractivity contribution in [1.29, 1.82) is 5.26 Å². The van der Waals surface area contributed by atoms with E-state index in [1.165, 1.54) is 4.90 Å². The van der Waals surface area contributed by atoms with E-state index in [1.807, 2.05) is 20.8 Å². The first-order chi connectivity index (χ1) is 11.1. The Morgan fingerprint density at radius 2 is 1.96 bits per heavy atom. The Bertz CT molecular complexity index is 694. The van der Waals surface area contributed by atoms with Crippen molar-refractivity contribution in [2.24, 2.45) is 0 Å². The first-order valence-corrected chi connectivity index (χ1v) is 7.83. The molecule has 1 aromatic heterocycles. The first-order valence-electron chi connectivity index (χ1n) is 7.83. The predicted octanol–water partition coefficient (Wildman–Crippen LogP) is 1.60. The number of carbonyl (C=O) groups is 2. The zero-order valence-electron chi connectivity index (χ0n) is 14.8. The van der Waals surface area contributed by atoms with Crippen LogP contribution in [0.15, 0.2) is 0 Å². The van der Waals surface area contributed by atoms with Crippen LogP contribution in [0.5, 0.6) is 0 Å². The first kappa shape index (κ1) is 17.8. The van der Waals surface area contributed by atoms with Crippen LogP contribution in [0.3, 0.4) is 0 Å². The van der Waals surface area contributed by atoms with Gasteiger partial charge in [-0.3, -0.25) is 9.48 Å². The maximum absolute atomic E-state index is 12.3. The summed E-state index contributed by atoms with van der Waals surface area (Å²) in [5.41, 5.74) is 0.340. The highest BCUT2D eigenvalue weighted by atomic mass is 16.6. The molecule has 1 aliphatic heterocycles. The number of fused-ring (bicyclic) bond motifs is 1. The van der Waals surface area contributed by atoms with E-state index in [9.17, 15) is 14.9 Å². The van der Waals surface area contributed by atoms with Crippen molar-refractivity contribution in [2.45, 2.75) is 45.9 Å². The second kappa shape index (κ2) is 6.51. The van der Waals surface area contributed by atoms with Gasteiger partial charge < -0.3 is 14.5 Å². The number of carbonyl (C=O) groups excluding carboxylic acids is 2. The number of ether oxygens (including phenoxy) is 1. The van der Waals surface area contributed by atoms with Crippen LogP contribution in [0.25, 0.3) is 0 Å². The van der Waals surface area contributed by atoms with Gasteiger partial charge in [0, 0.05) is 27.2 Å². The van der Waals surface area contributed by atoms with Gasteiger partial charge in [-0.25, -0.2) is 4.79 Å². The molecule has 0 aliphatic carbocycles. The van der Waals surface area contributed by atoms with Crippen molar-refractivity contribution in [1.82, 2.24) is 19.6 Å². The van der Waals surface area contributed by atoms with E-state index >= 15 is 0 Å². The molecule has 8 heteroatoms. The third-order valence-electron chi connectivity index (χ3n) is 3.57. The Labute approximate surface area is 141 Å². The van der Waals surface area contributed by atoms with E-state index in [1.54, 1.807) is 23.7 Å². The molecule has 2 rings (SSSR count). The second-order valence-corrected chi connectivity index (χ2v) is 6.96. The molecule has 0 unspecified atom stereocenters. The Kier molecular flexibility index (Phi) is 4.83. The molecule has 0 radical (unpaired) electrons. The lowest BCUT2D eigenvalue weighted by molar-refractivity contribution is 0.0236. The van der Waals surface area contributed by atoms with Crippen molar-refractivity contribution in [3.05, 3.63) is 17.0 Å². The van der Waals surface area contributed by atoms with E-state index in [4.69, 9.17) is 4.74 Å². The predicted molar refractivity (Wildman–Crippen MR) is 86.2 cm³/mol. The highest BCUT2D eigenvalue weighted by molar-refractivity contribution is 5.94. The summed E-state index contributed by atoms with van der Waals surface area (Å²) >= 11 is 0. The lowest BCUT2D eigenvalue weighted by Crippen LogP contribution is -2.36. The maximum Gasteiger partial charge on any atom is 0.410 e. The fraction of sp³-hybridized carbons (Fsp3) is 0.625. The summed E-state index contributed by atoms with van der Waals surface area (Å²) in [6.07, 6.45) is 0.246. The molecule has 2 amide bonds. The number of aryl methyl sites for hydroxylation is 1. The van der Waals surface area contributed by atoms with Gasteiger partial charge in [0.25, 0.3) is 5.91 Å². The molecule has 1 aromatic rings. The molecular formula is C16H23N5O3. The molecule has 0 atom stereocenters. The van der Waals surface area contributed by atoms with Crippen molar-refractivity contribution in [3.8, 4) is 6.07 Å². The van der Waals surface area contributed by atoms with Crippen molar-refractivity contribution >= 4 is 12.0 Å². The van der Waals surface area contributed by atoms with Gasteiger partial charge in [-0.15, -0.1) is 0 Å². The van der Waals surface area contributed by atoms with Crippen molar-refractivity contribution < 1.29 is 14.3 Å². The van der Waals surface area contributed by atoms with Gasteiger partial charge in [-0.1, -0.05) is 0 Å². The maximum atomic E-state index is 12.3. The highest BCUT2D eigenvalue weighted by Gasteiger charge is 2.30. The minimum Gasteiger partial charge on any atom is -0.444 e. The highest BCUT2D eigenvalue weighted by Crippen LogP contribution is 2.22. The average molecular weight is 333 g/mol. The molecule has 0 saturated carbocycles. The topological polar surface area (TPSA) is 91.5 Å². The molecule has 0 spiro atoms. The van der Waals surface area contributed by atoms with E-state index in [2.05, 4.69) is 11.2 Å². The summed E-state index contributed by atoms with van der Waals surface area (Å²) < 4.78 is 7.07. The summed E-state index contributed by atoms with van der Waals surface area (Å²) in [5, 5.41) is 13.8. The van der Waals surface area contributed by atoms with Crippen LogP contribution in [0, 0.1) is 11.3 Å². The number of nitriles is 1. The third-order valence-corrected chi connectivity index (χ3v) is 3.57. The van der Waals surface area contributed by atoms with E-state index < -0.39 is 11.7 Å². The number of hydrogen-bond acceptors (Lipinski definition) is 5. The van der Waals surface area contributed by atoms with Crippen LogP contribution < -0.4 is 0 Å². The van der Waals surface area contributed by atoms with Gasteiger partial charge in [0.1, 0.15) is 17.2 Å². The number of hydrogen-bond donors (Lipinski definition) is 0. The quantitative estimate of drug-likeness (QED) is 0.778. The van der Waals surface area contributed by atoms with E-state index in [-0.39, 0.29) is 23.7 Å². The van der Waals surface area contributed by atoms with E-state index in [0.717, 1.165) is 0 Å². The Morgan fingerprint density at radius 3 is 2.50 bits per heavy atom. The van der Waals surface area contributed by atoms with Crippen LogP contribution in [0.1, 0.15) is 48.9 Å². The SMILES string of the molecule is CN(C)C(=O)c1nn2c(c1C#N)CN(C(=O)OC(C)(C)C)CCC2. The standard InChI is InChI=1S/C16H23N5O3/c1-16(2,3)24-15(23)20-7-6-8-21-12(10-20)11(9-17)13(18-21)14(22)19(4)5/h6-8,10H2,1-5H3. The Balaban J connectivity index is 2.35. The van der Waals surface area contributed by atoms with Gasteiger partial charge in [-0.2, -0.15) is 10.4 Å². The zero-order valence-corrected chi connectivity index (χ0v) is 14.8. The van der Waals surface area contributed by atoms with Crippen LogP contribution in [-0.2, 0) is 17.8 Å². The minimum absolute atomic E-state index is 0.128. The van der Waals surface area contributed by atoms with Gasteiger partial charge >= 0.3 is 6.09 Å². The second-order valence-electron chi connectivity index (χ2n) is 6.96. The summed E-state index contributed by atoms with van der Waals surface area (Å²) in [4.78, 5) is 27.5. The van der Waals surface area contributed by atoms with Gasteiger partial charge in [0.2, 0.25) is 0 Å². The van der Waals surface area contributed by atoms with Gasteiger partial charge in [0.05, 0.1) is 12.2 Å². The van der Waals surface area contributed by atoms with Crippen LogP contribution in [-0.4, -0.2) is 57.8 Å². The Morgan fingerprint density at radius 1 is 1.29 bits per heavy atom. The van der Waals surface area contributed by atoms with Crippen molar-refractivity contribution in [2.75, 3.05) is 20.6 Å². The molecular weight excluding hydrogens is 310 g/mol. The fourth-order valence-electron chi connectivity index (χ4n) is 2.47. The third kappa shape index (κ3) is 3.67. The fourth-order valence-corrected chi connectivity index (χ4v) is 2.47. The molecule has 0 saturated heterocycles. The number of amides is 2. The minimum atomic E-state index is -0.590. The number of nitrogens with zero attached hydrogens (tertiary/aromatic N) is 5. The van der Waals surface area contributed by atoms with Crippen molar-refractivity contribution in [3.63, 3.8) is 0 Å².